The van der Waals surface area contributed by atoms with E-state index in [4.69, 9.17) is 127 Å². The van der Waals surface area contributed by atoms with Crippen molar-refractivity contribution in [2.75, 3.05) is 11.5 Å². The van der Waals surface area contributed by atoms with Gasteiger partial charge in [-0.1, -0.05) is 217 Å². The zero-order valence-electron chi connectivity index (χ0n) is 73.8. The number of para-hydroxylation sites is 1. The molecular weight excluding hydrogens is 1580 g/mol. The molecule has 39 N–H and O–H groups in total. The molecule has 30 heteroatoms. The lowest BCUT2D eigenvalue weighted by Gasteiger charge is -2.15. The summed E-state index contributed by atoms with van der Waals surface area (Å²) in [6.45, 7) is 20.7. The molecule has 0 aliphatic heterocycles. The number of allylic oxidation sites excluding steroid dienone is 3. The third kappa shape index (κ3) is 48.3. The molecule has 0 aliphatic carbocycles. The predicted molar refractivity (Wildman–Crippen MR) is 496 cm³/mol. The zero-order chi connectivity index (χ0) is 94.2. The maximum Gasteiger partial charge on any atom is 0.320 e. The van der Waals surface area contributed by atoms with Crippen LogP contribution in [-0.2, 0) is 97.8 Å². The normalized spacial score (nSPS) is 14.2. The fourth-order valence-corrected chi connectivity index (χ4v) is 11.6. The van der Waals surface area contributed by atoms with E-state index < -0.39 is 84.1 Å². The van der Waals surface area contributed by atoms with Crippen molar-refractivity contribution < 1.29 is 69.3 Å². The van der Waals surface area contributed by atoms with E-state index >= 15 is 0 Å². The van der Waals surface area contributed by atoms with E-state index in [9.17, 15) is 33.6 Å². The molecule has 13 unspecified atom stereocenters. The molecule has 0 saturated heterocycles. The summed E-state index contributed by atoms with van der Waals surface area (Å²) in [5.41, 5.74) is 107. The Balaban J connectivity index is 0.000000725. The molecule has 0 aliphatic rings. The van der Waals surface area contributed by atoms with Gasteiger partial charge >= 0.3 is 41.8 Å². The molecule has 7 aromatic rings. The number of carboxylic acids is 7. The van der Waals surface area contributed by atoms with Crippen LogP contribution in [0.2, 0.25) is 0 Å². The topological polar surface area (TPSA) is 677 Å². The van der Waals surface area contributed by atoms with Crippen molar-refractivity contribution in [2.24, 2.45) is 98.0 Å². The molecule has 0 radical (unpaired) electrons. The van der Waals surface area contributed by atoms with Crippen LogP contribution in [0.25, 0.3) is 0 Å². The minimum absolute atomic E-state index is 0.0305. The van der Waals surface area contributed by atoms with Gasteiger partial charge in [0.2, 0.25) is 0 Å². The molecule has 0 aromatic heterocycles. The van der Waals surface area contributed by atoms with Crippen molar-refractivity contribution in [1.29, 1.82) is 0 Å². The van der Waals surface area contributed by atoms with E-state index in [0.717, 1.165) is 112 Å². The highest BCUT2D eigenvalue weighted by molar-refractivity contribution is 5.77. The van der Waals surface area contributed by atoms with Crippen molar-refractivity contribution in [1.82, 2.24) is 0 Å². The van der Waals surface area contributed by atoms with Crippen LogP contribution in [-0.4, -0.2) is 138 Å². The van der Waals surface area contributed by atoms with Crippen LogP contribution >= 0.6 is 0 Å². The first-order chi connectivity index (χ1) is 58.0. The Bertz CT molecular complexity index is 4340. The van der Waals surface area contributed by atoms with Gasteiger partial charge < -0.3 is 127 Å². The molecule has 0 amide bonds. The summed E-state index contributed by atoms with van der Waals surface area (Å²) < 4.78 is 0. The van der Waals surface area contributed by atoms with Gasteiger partial charge in [0, 0.05) is 48.4 Å². The molecule has 7 rings (SSSR count). The van der Waals surface area contributed by atoms with Gasteiger partial charge in [-0.25, -0.2) is 0 Å². The van der Waals surface area contributed by atoms with Crippen LogP contribution in [0.15, 0.2) is 187 Å². The lowest BCUT2D eigenvalue weighted by molar-refractivity contribution is -0.139. The Morgan fingerprint density at radius 1 is 0.331 bits per heavy atom. The van der Waals surface area contributed by atoms with E-state index in [1.165, 1.54) is 11.1 Å². The quantitative estimate of drug-likeness (QED) is 0.0128. The van der Waals surface area contributed by atoms with E-state index in [2.05, 4.69) is 47.6 Å². The van der Waals surface area contributed by atoms with E-state index in [1.54, 1.807) is 18.2 Å². The number of hydrogen-bond acceptors (Lipinski definition) is 23. The molecule has 0 saturated carbocycles. The number of rotatable bonds is 40. The number of hydrogen-bond donors (Lipinski definition) is 23. The Morgan fingerprint density at radius 2 is 0.629 bits per heavy atom. The van der Waals surface area contributed by atoms with Crippen molar-refractivity contribution in [2.45, 2.75) is 244 Å². The molecular formula is C94H144N16O14. The average molecular weight is 1720 g/mol. The van der Waals surface area contributed by atoms with Crippen LogP contribution in [0.5, 0.6) is 0 Å². The van der Waals surface area contributed by atoms with Gasteiger partial charge in [-0.2, -0.15) is 0 Å². The molecule has 124 heavy (non-hydrogen) atoms. The molecule has 30 nitrogen and oxygen atoms in total. The van der Waals surface area contributed by atoms with Crippen molar-refractivity contribution in [3.05, 3.63) is 260 Å². The number of benzene rings is 7. The molecule has 13 atom stereocenters. The van der Waals surface area contributed by atoms with Gasteiger partial charge in [-0.15, -0.1) is 0 Å². The van der Waals surface area contributed by atoms with Gasteiger partial charge in [0.05, 0.1) is 11.4 Å². The minimum Gasteiger partial charge on any atom is -0.480 e. The molecule has 0 spiro atoms. The highest BCUT2D eigenvalue weighted by Gasteiger charge is 2.20. The van der Waals surface area contributed by atoms with Gasteiger partial charge in [-0.05, 0) is 214 Å². The highest BCUT2D eigenvalue weighted by atomic mass is 16.4. The maximum atomic E-state index is 10.7. The summed E-state index contributed by atoms with van der Waals surface area (Å²) in [5.74, 6) is -5.41. The molecule has 0 heterocycles. The number of anilines is 2. The number of nitrogen functional groups attached to an aromatic ring is 2. The Morgan fingerprint density at radius 3 is 0.927 bits per heavy atom. The lowest BCUT2D eigenvalue weighted by atomic mass is 9.96. The molecule has 7 aromatic carbocycles. The third-order valence-electron chi connectivity index (χ3n) is 19.8. The summed E-state index contributed by atoms with van der Waals surface area (Å²) in [4.78, 5) is 74.4. The first kappa shape index (κ1) is 111. The number of nitrogens with two attached hydrogens (primary N) is 16. The molecule has 0 bridgehead atoms. The first-order valence-corrected chi connectivity index (χ1v) is 41.6. The van der Waals surface area contributed by atoms with Crippen molar-refractivity contribution >= 4 is 53.2 Å². The van der Waals surface area contributed by atoms with Gasteiger partial charge in [-0.3, -0.25) is 33.6 Å². The fraction of sp³-hybridized carbons (Fsp3) is 0.436. The van der Waals surface area contributed by atoms with Crippen LogP contribution < -0.4 is 91.7 Å². The average Bonchev–Trinajstić information content (AvgIpc) is 0.826. The standard InChI is InChI=1S/C15H24N2O2.C15H22N2O2.C15H24N2O2.C15H22N2O2.C13H21N3O2.C12H18N2O2.C9H13N3O2/c2*1-10(2)3-8-13(16)12-6-4-11(5-7-12)9-14(17)15(18)19;2*1-10(2)13(16)8-7-11-3-5-12(6-4-11)9-14(17)15(18)19;1-8(14)6-11(15)10-4-2-9(3-5-10)7-12(16)13(17)18;1-8(13)6-9-2-4-10(5-3-9)7-11(14)12(15)16;10-6-3-1-2-5(8(6)12)4-7(11)9(13)14/h4-7,10,13-14H,3,8-9,16-17H2,1-2H3,(H,18,19);3-7,13-14H,8-9,16-17H2,1-2H3,(H,18,19);3-6,10,13-14H,7-9,16-17H2,1-2H3,(H,18,19);3-6,8,10,14H,7,9,16-17H2,1-2H3,(H,18,19);2-5,8,11-12H,6-7,14-16H2,1H3,(H,17,18);2-5,8,11H,6-7,13-14H2,1H3,(H,15,16);1-3,7H,4,10-12H2,(H,13,14)/b;;;13-8-;;;. The smallest absolute Gasteiger partial charge is 0.320 e. The Hall–Kier alpha value is -10.8. The summed E-state index contributed by atoms with van der Waals surface area (Å²) in [5, 5.41) is 61.0. The van der Waals surface area contributed by atoms with Crippen molar-refractivity contribution in [3.8, 4) is 0 Å². The monoisotopic (exact) mass is 1720 g/mol. The first-order valence-electron chi connectivity index (χ1n) is 41.6. The zero-order valence-corrected chi connectivity index (χ0v) is 73.8. The largest absolute Gasteiger partial charge is 0.480 e. The number of carbonyl (C=O) groups is 7. The van der Waals surface area contributed by atoms with Crippen LogP contribution in [0, 0.1) is 17.8 Å². The summed E-state index contributed by atoms with van der Waals surface area (Å²) in [7, 11) is 0. The second-order valence-electron chi connectivity index (χ2n) is 32.8. The van der Waals surface area contributed by atoms with Crippen molar-refractivity contribution in [3.63, 3.8) is 0 Å². The SMILES string of the molecule is CC(C)/C(N)=C/Cc1ccc(CC(N)C(=O)O)cc1.CC(C)=CCC(N)c1ccc(CC(N)C(=O)O)cc1.CC(C)C(N)CCc1ccc(CC(N)C(=O)O)cc1.CC(C)CCC(N)c1ccc(CC(N)C(=O)O)cc1.CC(N)CC(N)c1ccc(CC(N)C(=O)O)cc1.CC(N)Cc1ccc(CC(N)C(=O)O)cc1.Nc1cccc(CC(N)C(=O)O)c1N. The molecule has 684 valence electrons. The second kappa shape index (κ2) is 59.1. The summed E-state index contributed by atoms with van der Waals surface area (Å²) in [6, 6.07) is 45.8. The van der Waals surface area contributed by atoms with Gasteiger partial charge in [0.1, 0.15) is 42.3 Å². The summed E-state index contributed by atoms with van der Waals surface area (Å²) in [6.07, 6.45) is 13.5. The maximum absolute atomic E-state index is 10.7. The van der Waals surface area contributed by atoms with Gasteiger partial charge in [0.15, 0.2) is 0 Å². The third-order valence-corrected chi connectivity index (χ3v) is 19.8. The van der Waals surface area contributed by atoms with Crippen LogP contribution in [0.3, 0.4) is 0 Å². The lowest BCUT2D eigenvalue weighted by Crippen LogP contribution is -2.32. The molecule has 0 fully saturated rings. The predicted octanol–water partition coefficient (Wildman–Crippen LogP) is 8.03. The second-order valence-corrected chi connectivity index (χ2v) is 32.8. The highest BCUT2D eigenvalue weighted by Crippen LogP contribution is 2.24. The van der Waals surface area contributed by atoms with E-state index in [0.29, 0.717) is 79.6 Å². The van der Waals surface area contributed by atoms with E-state index in [-0.39, 0.29) is 42.7 Å². The van der Waals surface area contributed by atoms with E-state index in [1.807, 2.05) is 179 Å². The van der Waals surface area contributed by atoms with Crippen LogP contribution in [0.1, 0.15) is 192 Å². The number of aryl methyl sites for hydroxylation is 1. The van der Waals surface area contributed by atoms with Crippen LogP contribution in [0.4, 0.5) is 11.4 Å². The number of carboxylic acid groups (broad SMARTS) is 7. The fourth-order valence-electron chi connectivity index (χ4n) is 11.6. The Labute approximate surface area is 732 Å². The Kier molecular flexibility index (Phi) is 53.0. The minimum atomic E-state index is -1.05. The number of aliphatic carboxylic acids is 7. The van der Waals surface area contributed by atoms with Gasteiger partial charge in [0.25, 0.3) is 0 Å². The summed E-state index contributed by atoms with van der Waals surface area (Å²) >= 11 is 0.